The van der Waals surface area contributed by atoms with Crippen LogP contribution in [-0.4, -0.2) is 33.5 Å². The van der Waals surface area contributed by atoms with Crippen molar-refractivity contribution in [3.8, 4) is 5.75 Å². The Balaban J connectivity index is 2.11. The fourth-order valence-electron chi connectivity index (χ4n) is 2.84. The first kappa shape index (κ1) is 18.7. The standard InChI is InChI=1S/C17H26N2O4S/c1-12(2)16(17(20)18-13-6-4-5-7-13)19-24(21,22)15-10-8-14(23-3)9-11-15/h8-13,16,19H,4-7H2,1-3H3,(H,18,20). The van der Waals surface area contributed by atoms with Gasteiger partial charge in [0.1, 0.15) is 11.8 Å². The molecule has 1 fully saturated rings. The van der Waals surface area contributed by atoms with Crippen molar-refractivity contribution in [1.82, 2.24) is 10.0 Å². The summed E-state index contributed by atoms with van der Waals surface area (Å²) in [6, 6.07) is 5.46. The molecule has 24 heavy (non-hydrogen) atoms. The Morgan fingerprint density at radius 1 is 1.17 bits per heavy atom. The predicted octanol–water partition coefficient (Wildman–Crippen LogP) is 2.06. The van der Waals surface area contributed by atoms with E-state index >= 15 is 0 Å². The van der Waals surface area contributed by atoms with Crippen molar-refractivity contribution in [2.24, 2.45) is 5.92 Å². The average Bonchev–Trinajstić information content (AvgIpc) is 3.05. The van der Waals surface area contributed by atoms with Gasteiger partial charge in [-0.2, -0.15) is 4.72 Å². The van der Waals surface area contributed by atoms with Crippen molar-refractivity contribution in [1.29, 1.82) is 0 Å². The van der Waals surface area contributed by atoms with E-state index in [0.717, 1.165) is 25.7 Å². The zero-order chi connectivity index (χ0) is 17.7. The van der Waals surface area contributed by atoms with Crippen LogP contribution in [0.15, 0.2) is 29.2 Å². The second kappa shape index (κ2) is 7.98. The number of sulfonamides is 1. The molecule has 1 saturated carbocycles. The summed E-state index contributed by atoms with van der Waals surface area (Å²) < 4.78 is 32.7. The van der Waals surface area contributed by atoms with Crippen LogP contribution >= 0.6 is 0 Å². The van der Waals surface area contributed by atoms with Gasteiger partial charge in [0.2, 0.25) is 15.9 Å². The molecule has 1 aromatic carbocycles. The second-order valence-corrected chi connectivity index (χ2v) is 8.22. The third-order valence-electron chi connectivity index (χ3n) is 4.30. The normalized spacial score (nSPS) is 17.0. The number of hydrogen-bond acceptors (Lipinski definition) is 4. The molecule has 2 N–H and O–H groups in total. The summed E-state index contributed by atoms with van der Waals surface area (Å²) in [6.45, 7) is 3.66. The molecule has 0 radical (unpaired) electrons. The lowest BCUT2D eigenvalue weighted by Gasteiger charge is -2.23. The van der Waals surface area contributed by atoms with Crippen LogP contribution in [0.2, 0.25) is 0 Å². The van der Waals surface area contributed by atoms with Gasteiger partial charge in [-0.05, 0) is 43.0 Å². The first-order chi connectivity index (χ1) is 11.3. The number of methoxy groups -OCH3 is 1. The number of amides is 1. The minimum Gasteiger partial charge on any atom is -0.497 e. The van der Waals surface area contributed by atoms with E-state index in [1.165, 1.54) is 19.2 Å². The number of rotatable bonds is 7. The Morgan fingerprint density at radius 2 is 1.75 bits per heavy atom. The van der Waals surface area contributed by atoms with Crippen molar-refractivity contribution in [3.63, 3.8) is 0 Å². The molecular formula is C17H26N2O4S. The van der Waals surface area contributed by atoms with E-state index in [1.807, 2.05) is 13.8 Å². The van der Waals surface area contributed by atoms with E-state index in [9.17, 15) is 13.2 Å². The van der Waals surface area contributed by atoms with Crippen LogP contribution < -0.4 is 14.8 Å². The highest BCUT2D eigenvalue weighted by molar-refractivity contribution is 7.89. The topological polar surface area (TPSA) is 84.5 Å². The van der Waals surface area contributed by atoms with Crippen molar-refractivity contribution < 1.29 is 17.9 Å². The zero-order valence-corrected chi connectivity index (χ0v) is 15.2. The minimum absolute atomic E-state index is 0.114. The molecule has 0 aliphatic heterocycles. The molecule has 1 aliphatic carbocycles. The molecule has 0 spiro atoms. The summed E-state index contributed by atoms with van der Waals surface area (Å²) in [5, 5.41) is 2.97. The van der Waals surface area contributed by atoms with Gasteiger partial charge in [-0.25, -0.2) is 8.42 Å². The molecule has 7 heteroatoms. The molecule has 1 aliphatic rings. The quantitative estimate of drug-likeness (QED) is 0.785. The van der Waals surface area contributed by atoms with Gasteiger partial charge in [0.05, 0.1) is 12.0 Å². The van der Waals surface area contributed by atoms with Crippen LogP contribution in [0.5, 0.6) is 5.75 Å². The molecule has 1 atom stereocenters. The van der Waals surface area contributed by atoms with Gasteiger partial charge in [-0.3, -0.25) is 4.79 Å². The lowest BCUT2D eigenvalue weighted by atomic mass is 10.0. The predicted molar refractivity (Wildman–Crippen MR) is 92.3 cm³/mol. The molecule has 0 heterocycles. The fourth-order valence-corrected chi connectivity index (χ4v) is 4.19. The molecule has 0 aromatic heterocycles. The molecular weight excluding hydrogens is 328 g/mol. The molecule has 1 unspecified atom stereocenters. The summed E-state index contributed by atoms with van der Waals surface area (Å²) in [6.07, 6.45) is 4.13. The number of benzene rings is 1. The van der Waals surface area contributed by atoms with Crippen molar-refractivity contribution >= 4 is 15.9 Å². The van der Waals surface area contributed by atoms with E-state index in [4.69, 9.17) is 4.74 Å². The number of nitrogens with one attached hydrogen (secondary N) is 2. The van der Waals surface area contributed by atoms with Crippen LogP contribution in [-0.2, 0) is 14.8 Å². The third kappa shape index (κ3) is 4.70. The Morgan fingerprint density at radius 3 is 2.25 bits per heavy atom. The highest BCUT2D eigenvalue weighted by Gasteiger charge is 2.30. The van der Waals surface area contributed by atoms with Crippen molar-refractivity contribution in [3.05, 3.63) is 24.3 Å². The Labute approximate surface area is 144 Å². The van der Waals surface area contributed by atoms with Crippen LogP contribution in [0.3, 0.4) is 0 Å². The van der Waals surface area contributed by atoms with E-state index in [-0.39, 0.29) is 22.8 Å². The van der Waals surface area contributed by atoms with E-state index < -0.39 is 16.1 Å². The van der Waals surface area contributed by atoms with Crippen molar-refractivity contribution in [2.75, 3.05) is 7.11 Å². The van der Waals surface area contributed by atoms with Gasteiger partial charge in [-0.15, -0.1) is 0 Å². The number of ether oxygens (including phenoxy) is 1. The van der Waals surface area contributed by atoms with E-state index in [0.29, 0.717) is 5.75 Å². The van der Waals surface area contributed by atoms with E-state index in [1.54, 1.807) is 12.1 Å². The summed E-state index contributed by atoms with van der Waals surface area (Å²) in [5.74, 6) is 0.168. The van der Waals surface area contributed by atoms with Gasteiger partial charge in [0, 0.05) is 6.04 Å². The van der Waals surface area contributed by atoms with Gasteiger partial charge >= 0.3 is 0 Å². The Hall–Kier alpha value is -1.60. The number of carbonyl (C=O) groups is 1. The summed E-state index contributed by atoms with van der Waals surface area (Å²) in [7, 11) is -2.26. The third-order valence-corrected chi connectivity index (χ3v) is 5.76. The van der Waals surface area contributed by atoms with Crippen LogP contribution in [0, 0.1) is 5.92 Å². The maximum Gasteiger partial charge on any atom is 0.241 e. The first-order valence-electron chi connectivity index (χ1n) is 8.30. The summed E-state index contributed by atoms with van der Waals surface area (Å²) >= 11 is 0. The maximum atomic E-state index is 12.6. The average molecular weight is 354 g/mol. The lowest BCUT2D eigenvalue weighted by molar-refractivity contribution is -0.124. The SMILES string of the molecule is COc1ccc(S(=O)(=O)NC(C(=O)NC2CCCC2)C(C)C)cc1. The van der Waals surface area contributed by atoms with Gasteiger partial charge in [0.25, 0.3) is 0 Å². The fraction of sp³-hybridized carbons (Fsp3) is 0.588. The minimum atomic E-state index is -3.77. The molecule has 0 bridgehead atoms. The largest absolute Gasteiger partial charge is 0.497 e. The molecule has 1 aromatic rings. The lowest BCUT2D eigenvalue weighted by Crippen LogP contribution is -2.51. The molecule has 0 saturated heterocycles. The van der Waals surface area contributed by atoms with Crippen LogP contribution in [0.1, 0.15) is 39.5 Å². The molecule has 2 rings (SSSR count). The zero-order valence-electron chi connectivity index (χ0n) is 14.4. The van der Waals surface area contributed by atoms with Gasteiger partial charge in [-0.1, -0.05) is 26.7 Å². The number of carbonyl (C=O) groups excluding carboxylic acids is 1. The highest BCUT2D eigenvalue weighted by atomic mass is 32.2. The van der Waals surface area contributed by atoms with Gasteiger partial charge in [0.15, 0.2) is 0 Å². The maximum absolute atomic E-state index is 12.6. The Kier molecular flexibility index (Phi) is 6.23. The van der Waals surface area contributed by atoms with E-state index in [2.05, 4.69) is 10.0 Å². The first-order valence-corrected chi connectivity index (χ1v) is 9.78. The summed E-state index contributed by atoms with van der Waals surface area (Å²) in [5.41, 5.74) is 0. The molecule has 134 valence electrons. The molecule has 6 nitrogen and oxygen atoms in total. The highest BCUT2D eigenvalue weighted by Crippen LogP contribution is 2.19. The van der Waals surface area contributed by atoms with Crippen LogP contribution in [0.25, 0.3) is 0 Å². The van der Waals surface area contributed by atoms with Crippen molar-refractivity contribution in [2.45, 2.75) is 56.5 Å². The number of hydrogen-bond donors (Lipinski definition) is 2. The Bertz CT molecular complexity index is 650. The molecule has 1 amide bonds. The van der Waals surface area contributed by atoms with Crippen LogP contribution in [0.4, 0.5) is 0 Å². The smallest absolute Gasteiger partial charge is 0.241 e. The summed E-state index contributed by atoms with van der Waals surface area (Å²) in [4.78, 5) is 12.6. The van der Waals surface area contributed by atoms with Gasteiger partial charge < -0.3 is 10.1 Å². The monoisotopic (exact) mass is 354 g/mol. The second-order valence-electron chi connectivity index (χ2n) is 6.51.